The van der Waals surface area contributed by atoms with E-state index in [0.29, 0.717) is 11.3 Å². The molecule has 0 bridgehead atoms. The SMILES string of the molecule is COc1ccc(C[C@H]2C(=O)N(C)[C@H](C(C)(C)C)N2C(=O)OC(C)(C)C)c([18F])c1. The minimum absolute atomic E-state index is 0.0603. The van der Waals surface area contributed by atoms with E-state index >= 15 is 0 Å². The zero-order chi connectivity index (χ0) is 21.4. The van der Waals surface area contributed by atoms with Gasteiger partial charge in [0.1, 0.15) is 29.4 Å². The molecule has 156 valence electrons. The van der Waals surface area contributed by atoms with Crippen molar-refractivity contribution in [1.29, 1.82) is 0 Å². The molecule has 0 aromatic heterocycles. The number of rotatable bonds is 3. The minimum atomic E-state index is -0.841. The summed E-state index contributed by atoms with van der Waals surface area (Å²) in [6, 6.07) is 3.66. The molecule has 1 aromatic carbocycles. The van der Waals surface area contributed by atoms with Crippen LogP contribution in [0.15, 0.2) is 18.2 Å². The van der Waals surface area contributed by atoms with E-state index < -0.39 is 35.1 Å². The largest absolute Gasteiger partial charge is 0.497 e. The number of likely N-dealkylation sites (N-methyl/N-ethyl adjacent to an activating group) is 1. The Balaban J connectivity index is 2.43. The normalized spacial score (nSPS) is 20.5. The number of benzene rings is 1. The number of methoxy groups -OCH3 is 1. The van der Waals surface area contributed by atoms with E-state index in [0.717, 1.165) is 0 Å². The minimum Gasteiger partial charge on any atom is -0.497 e. The lowest BCUT2D eigenvalue weighted by Crippen LogP contribution is -2.52. The zero-order valence-corrected chi connectivity index (χ0v) is 18.0. The third-order valence-electron chi connectivity index (χ3n) is 4.65. The molecule has 2 atom stereocenters. The van der Waals surface area contributed by atoms with Crippen LogP contribution in [0, 0.1) is 11.2 Å². The summed E-state index contributed by atoms with van der Waals surface area (Å²) in [5.41, 5.74) is -0.774. The predicted octanol–water partition coefficient (Wildman–Crippen LogP) is 3.83. The molecular weight excluding hydrogens is 362 g/mol. The van der Waals surface area contributed by atoms with Gasteiger partial charge in [-0.25, -0.2) is 9.18 Å². The van der Waals surface area contributed by atoms with Crippen molar-refractivity contribution in [3.8, 4) is 5.75 Å². The van der Waals surface area contributed by atoms with Crippen LogP contribution in [0.25, 0.3) is 0 Å². The Morgan fingerprint density at radius 3 is 2.25 bits per heavy atom. The predicted molar refractivity (Wildman–Crippen MR) is 105 cm³/mol. The summed E-state index contributed by atoms with van der Waals surface area (Å²) >= 11 is 0. The highest BCUT2D eigenvalue weighted by Crippen LogP contribution is 2.36. The van der Waals surface area contributed by atoms with E-state index in [9.17, 15) is 14.0 Å². The lowest BCUT2D eigenvalue weighted by atomic mass is 9.91. The van der Waals surface area contributed by atoms with Gasteiger partial charge in [-0.1, -0.05) is 26.8 Å². The van der Waals surface area contributed by atoms with E-state index in [1.165, 1.54) is 18.1 Å². The smallest absolute Gasteiger partial charge is 0.412 e. The molecule has 28 heavy (non-hydrogen) atoms. The van der Waals surface area contributed by atoms with Crippen LogP contribution in [-0.4, -0.2) is 53.8 Å². The Hall–Kier alpha value is -2.31. The first-order valence-electron chi connectivity index (χ1n) is 9.36. The maximum atomic E-state index is 14.5. The highest BCUT2D eigenvalue weighted by Gasteiger charge is 2.52. The number of hydrogen-bond acceptors (Lipinski definition) is 4. The van der Waals surface area contributed by atoms with E-state index in [1.54, 1.807) is 44.9 Å². The molecule has 1 fully saturated rings. The van der Waals surface area contributed by atoms with Crippen molar-refractivity contribution in [3.63, 3.8) is 0 Å². The number of carbonyl (C=O) groups is 2. The Labute approximate surface area is 166 Å². The average molecular weight is 393 g/mol. The first-order valence-corrected chi connectivity index (χ1v) is 9.36. The maximum absolute atomic E-state index is 14.5. The van der Waals surface area contributed by atoms with Gasteiger partial charge in [0.05, 0.1) is 7.11 Å². The van der Waals surface area contributed by atoms with E-state index in [4.69, 9.17) is 9.47 Å². The lowest BCUT2D eigenvalue weighted by Gasteiger charge is -2.39. The van der Waals surface area contributed by atoms with Crippen LogP contribution in [0.1, 0.15) is 47.1 Å². The third kappa shape index (κ3) is 4.56. The average Bonchev–Trinajstić information content (AvgIpc) is 2.79. The van der Waals surface area contributed by atoms with Gasteiger partial charge in [-0.05, 0) is 32.4 Å². The molecule has 6 nitrogen and oxygen atoms in total. The second kappa shape index (κ2) is 7.60. The van der Waals surface area contributed by atoms with Gasteiger partial charge in [0.25, 0.3) is 0 Å². The second-order valence-electron chi connectivity index (χ2n) is 9.25. The number of ether oxygens (including phenoxy) is 2. The zero-order valence-electron chi connectivity index (χ0n) is 18.0. The van der Waals surface area contributed by atoms with E-state index in [-0.39, 0.29) is 12.3 Å². The van der Waals surface area contributed by atoms with Gasteiger partial charge >= 0.3 is 6.09 Å². The second-order valence-corrected chi connectivity index (χ2v) is 9.25. The summed E-state index contributed by atoms with van der Waals surface area (Å²) in [7, 11) is 3.13. The molecule has 7 heteroatoms. The van der Waals surface area contributed by atoms with Crippen LogP contribution in [0.3, 0.4) is 0 Å². The number of hydrogen-bond donors (Lipinski definition) is 0. The maximum Gasteiger partial charge on any atom is 0.412 e. The summed E-state index contributed by atoms with van der Waals surface area (Å²) in [4.78, 5) is 29.0. The molecule has 1 aromatic rings. The molecule has 0 unspecified atom stereocenters. The van der Waals surface area contributed by atoms with Gasteiger partial charge in [-0.3, -0.25) is 9.69 Å². The Bertz CT molecular complexity index is 752. The van der Waals surface area contributed by atoms with Crippen LogP contribution in [-0.2, 0) is 16.0 Å². The van der Waals surface area contributed by atoms with Crippen molar-refractivity contribution < 1.29 is 23.5 Å². The standard InChI is InChI=1S/C21H31FN2O4/c1-20(2,3)18-23(7)17(25)16(24(18)19(26)28-21(4,5)6)11-13-9-10-14(27-8)12-15(13)22/h9-10,12,16,18H,11H2,1-8H3/t16-,18-/m0/s1/i22-1. The molecular formula is C21H31FN2O4. The van der Waals surface area contributed by atoms with Crippen LogP contribution in [0.5, 0.6) is 5.75 Å². The van der Waals surface area contributed by atoms with Gasteiger partial charge in [0, 0.05) is 24.9 Å². The number of carbonyl (C=O) groups excluding carboxylic acids is 2. The van der Waals surface area contributed by atoms with Gasteiger partial charge in [0.2, 0.25) is 5.91 Å². The summed E-state index contributed by atoms with van der Waals surface area (Å²) in [6.07, 6.45) is -1.02. The van der Waals surface area contributed by atoms with Crippen molar-refractivity contribution in [1.82, 2.24) is 9.80 Å². The van der Waals surface area contributed by atoms with Crippen molar-refractivity contribution in [2.45, 2.75) is 65.8 Å². The quantitative estimate of drug-likeness (QED) is 0.783. The van der Waals surface area contributed by atoms with Crippen LogP contribution >= 0.6 is 0 Å². The number of amides is 2. The van der Waals surface area contributed by atoms with Crippen LogP contribution in [0.4, 0.5) is 9.18 Å². The van der Waals surface area contributed by atoms with Gasteiger partial charge in [-0.2, -0.15) is 0 Å². The van der Waals surface area contributed by atoms with E-state index in [1.807, 2.05) is 20.8 Å². The Morgan fingerprint density at radius 1 is 1.18 bits per heavy atom. The van der Waals surface area contributed by atoms with Crippen LogP contribution < -0.4 is 4.74 Å². The molecule has 1 aliphatic rings. The summed E-state index contributed by atoms with van der Waals surface area (Å²) < 4.78 is 25.1. The van der Waals surface area contributed by atoms with Crippen molar-refractivity contribution >= 4 is 12.0 Å². The fourth-order valence-corrected chi connectivity index (χ4v) is 3.59. The van der Waals surface area contributed by atoms with Gasteiger partial charge in [0.15, 0.2) is 0 Å². The molecule has 0 aliphatic carbocycles. The van der Waals surface area contributed by atoms with Crippen LogP contribution in [0.2, 0.25) is 0 Å². The highest BCUT2D eigenvalue weighted by molar-refractivity contribution is 5.89. The molecule has 2 rings (SSSR count). The first kappa shape index (κ1) is 22.0. The number of nitrogens with zero attached hydrogens (tertiary/aromatic N) is 2. The topological polar surface area (TPSA) is 59.1 Å². The molecule has 1 saturated heterocycles. The molecule has 0 radical (unpaired) electrons. The molecule has 0 N–H and O–H groups in total. The van der Waals surface area contributed by atoms with Gasteiger partial charge < -0.3 is 14.4 Å². The van der Waals surface area contributed by atoms with Crippen molar-refractivity contribution in [3.05, 3.63) is 29.6 Å². The van der Waals surface area contributed by atoms with E-state index in [2.05, 4.69) is 0 Å². The van der Waals surface area contributed by atoms with Crippen molar-refractivity contribution in [2.24, 2.45) is 5.41 Å². The molecule has 1 aliphatic heterocycles. The summed E-state index contributed by atoms with van der Waals surface area (Å²) in [5, 5.41) is 0. The first-order chi connectivity index (χ1) is 12.8. The highest BCUT2D eigenvalue weighted by atomic mass is 18.2. The summed E-state index contributed by atoms with van der Waals surface area (Å²) in [6.45, 7) is 11.2. The monoisotopic (exact) mass is 393 g/mol. The molecule has 0 spiro atoms. The fraction of sp³-hybridized carbons (Fsp3) is 0.619. The fourth-order valence-electron chi connectivity index (χ4n) is 3.59. The van der Waals surface area contributed by atoms with Gasteiger partial charge in [-0.15, -0.1) is 0 Å². The molecule has 2 amide bonds. The van der Waals surface area contributed by atoms with Crippen molar-refractivity contribution in [2.75, 3.05) is 14.2 Å². The third-order valence-corrected chi connectivity index (χ3v) is 4.65. The lowest BCUT2D eigenvalue weighted by molar-refractivity contribution is -0.129. The number of halogens is 1. The molecule has 0 saturated carbocycles. The summed E-state index contributed by atoms with van der Waals surface area (Å²) in [5.74, 6) is -0.313. The Kier molecular flexibility index (Phi) is 5.97. The molecule has 1 heterocycles. The Morgan fingerprint density at radius 2 is 1.79 bits per heavy atom.